The Balaban J connectivity index is 1.24. The second kappa shape index (κ2) is 11.1. The predicted molar refractivity (Wildman–Crippen MR) is 153 cm³/mol. The van der Waals surface area contributed by atoms with Crippen molar-refractivity contribution in [1.29, 1.82) is 0 Å². The van der Waals surface area contributed by atoms with Crippen LogP contribution in [0.5, 0.6) is 0 Å². The first-order valence-corrected chi connectivity index (χ1v) is 14.0. The average Bonchev–Trinajstić information content (AvgIpc) is 3.58. The number of nitrogens with zero attached hydrogens (tertiary/aromatic N) is 4. The number of benzene rings is 2. The van der Waals surface area contributed by atoms with Gasteiger partial charge >= 0.3 is 12.3 Å². The highest BCUT2D eigenvalue weighted by molar-refractivity contribution is 8.18. The van der Waals surface area contributed by atoms with Crippen molar-refractivity contribution in [1.82, 2.24) is 20.0 Å². The summed E-state index contributed by atoms with van der Waals surface area (Å²) in [6.45, 7) is 6.36. The van der Waals surface area contributed by atoms with E-state index in [1.807, 2.05) is 26.8 Å². The van der Waals surface area contributed by atoms with Gasteiger partial charge in [-0.2, -0.15) is 23.3 Å². The smallest absolute Gasteiger partial charge is 0.416 e. The molecule has 1 aromatic heterocycles. The van der Waals surface area contributed by atoms with Gasteiger partial charge in [-0.25, -0.2) is 4.79 Å². The fourth-order valence-corrected chi connectivity index (χ4v) is 5.66. The third kappa shape index (κ3) is 6.87. The second-order valence-corrected chi connectivity index (χ2v) is 12.3. The van der Waals surface area contributed by atoms with Crippen LogP contribution in [0, 0.1) is 0 Å². The number of hydrogen-bond acceptors (Lipinski definition) is 6. The summed E-state index contributed by atoms with van der Waals surface area (Å²) in [5.74, 6) is -0.377. The standard InChI is InChI=1S/C28H27ClF3N5O3S/c1-27(2,3)40-26(39)36-9-8-20(15-36)34-25-35-24(38)23(41-25)11-16-4-7-22-18(10-16)13-33-37(22)14-17-5-6-19(29)12-21(17)28(30,31)32/h4-7,10-13,20H,8-9,14-15H2,1-3H3,(H,34,35,38)/b23-11-. The Kier molecular flexibility index (Phi) is 7.82. The minimum atomic E-state index is -4.54. The molecule has 1 unspecified atom stereocenters. The topological polar surface area (TPSA) is 88.8 Å². The molecule has 0 bridgehead atoms. The molecule has 0 spiro atoms. The number of thioether (sulfide) groups is 1. The lowest BCUT2D eigenvalue weighted by Crippen LogP contribution is -2.39. The van der Waals surface area contributed by atoms with E-state index < -0.39 is 17.3 Å². The Morgan fingerprint density at radius 3 is 2.73 bits per heavy atom. The van der Waals surface area contributed by atoms with E-state index >= 15 is 0 Å². The summed E-state index contributed by atoms with van der Waals surface area (Å²) in [5, 5.41) is 8.72. The van der Waals surface area contributed by atoms with Crippen LogP contribution in [0.15, 0.2) is 52.5 Å². The molecule has 1 saturated heterocycles. The fourth-order valence-electron chi connectivity index (χ4n) is 4.60. The number of halogens is 4. The molecule has 0 radical (unpaired) electrons. The van der Waals surface area contributed by atoms with E-state index in [9.17, 15) is 22.8 Å². The number of rotatable bonds is 4. The molecular weight excluding hydrogens is 579 g/mol. The van der Waals surface area contributed by atoms with Crippen LogP contribution < -0.4 is 5.32 Å². The van der Waals surface area contributed by atoms with E-state index in [4.69, 9.17) is 16.3 Å². The zero-order valence-electron chi connectivity index (χ0n) is 22.5. The Bertz CT molecular complexity index is 1580. The lowest BCUT2D eigenvalue weighted by atomic mass is 10.1. The highest BCUT2D eigenvalue weighted by Crippen LogP contribution is 2.35. The van der Waals surface area contributed by atoms with Crippen LogP contribution in [-0.2, 0) is 22.3 Å². The quantitative estimate of drug-likeness (QED) is 0.350. The van der Waals surface area contributed by atoms with Gasteiger partial charge in [-0.3, -0.25) is 9.48 Å². The van der Waals surface area contributed by atoms with E-state index in [0.717, 1.165) is 11.6 Å². The molecule has 0 saturated carbocycles. The van der Waals surface area contributed by atoms with Gasteiger partial charge in [0.05, 0.1) is 28.7 Å². The molecular formula is C28H27ClF3N5O3S. The van der Waals surface area contributed by atoms with Gasteiger partial charge in [-0.15, -0.1) is 0 Å². The van der Waals surface area contributed by atoms with Crippen molar-refractivity contribution in [2.45, 2.75) is 51.6 Å². The Morgan fingerprint density at radius 1 is 1.22 bits per heavy atom. The summed E-state index contributed by atoms with van der Waals surface area (Å²) in [6.07, 6.45) is -0.923. The molecule has 3 heterocycles. The van der Waals surface area contributed by atoms with Crippen LogP contribution in [0.1, 0.15) is 43.9 Å². The van der Waals surface area contributed by atoms with Crippen molar-refractivity contribution in [3.05, 3.63) is 69.2 Å². The minimum Gasteiger partial charge on any atom is -0.444 e. The molecule has 2 aromatic carbocycles. The number of carbonyl (C=O) groups is 2. The van der Waals surface area contributed by atoms with Gasteiger partial charge in [0.15, 0.2) is 5.17 Å². The molecule has 41 heavy (non-hydrogen) atoms. The van der Waals surface area contributed by atoms with Crippen LogP contribution in [0.25, 0.3) is 17.0 Å². The first-order chi connectivity index (χ1) is 19.2. The number of alkyl halides is 3. The number of likely N-dealkylation sites (tertiary alicyclic amines) is 1. The van der Waals surface area contributed by atoms with Crippen LogP contribution >= 0.6 is 23.4 Å². The maximum atomic E-state index is 13.5. The Hall–Kier alpha value is -3.51. The third-order valence-electron chi connectivity index (χ3n) is 6.45. The van der Waals surface area contributed by atoms with Gasteiger partial charge < -0.3 is 15.0 Å². The number of fused-ring (bicyclic) bond motifs is 1. The highest BCUT2D eigenvalue weighted by atomic mass is 35.5. The van der Waals surface area contributed by atoms with Gasteiger partial charge in [0, 0.05) is 29.5 Å². The molecule has 3 aromatic rings. The summed E-state index contributed by atoms with van der Waals surface area (Å²) in [6, 6.07) is 8.98. The van der Waals surface area contributed by atoms with Crippen molar-refractivity contribution < 1.29 is 27.5 Å². The normalized spacial score (nSPS) is 18.9. The summed E-state index contributed by atoms with van der Waals surface area (Å²) in [5.41, 5.74) is 0.0552. The van der Waals surface area contributed by atoms with Gasteiger partial charge in [0.25, 0.3) is 5.91 Å². The fraction of sp³-hybridized carbons (Fsp3) is 0.357. The molecule has 1 atom stereocenters. The third-order valence-corrected chi connectivity index (χ3v) is 7.60. The predicted octanol–water partition coefficient (Wildman–Crippen LogP) is 6.33. The summed E-state index contributed by atoms with van der Waals surface area (Å²) >= 11 is 7.02. The van der Waals surface area contributed by atoms with Gasteiger partial charge in [0.1, 0.15) is 5.60 Å². The molecule has 8 nitrogen and oxygen atoms in total. The number of ether oxygens (including phenoxy) is 1. The van der Waals surface area contributed by atoms with E-state index in [2.05, 4.69) is 15.4 Å². The van der Waals surface area contributed by atoms with Crippen molar-refractivity contribution >= 4 is 57.5 Å². The SMILES string of the molecule is CC(C)(C)OC(=O)N1CCC(NC2=NC(=O)/C(=C/c3ccc4c(cnn4Cc4ccc(Cl)cc4C(F)(F)F)c3)S2)C1. The zero-order chi connectivity index (χ0) is 29.5. The zero-order valence-corrected chi connectivity index (χ0v) is 24.0. The number of amides is 2. The van der Waals surface area contributed by atoms with E-state index in [1.54, 1.807) is 29.3 Å². The minimum absolute atomic E-state index is 0.0109. The van der Waals surface area contributed by atoms with E-state index in [1.165, 1.54) is 28.6 Å². The summed E-state index contributed by atoms with van der Waals surface area (Å²) in [4.78, 5) is 31.1. The molecule has 1 N–H and O–H groups in total. The molecule has 216 valence electrons. The lowest BCUT2D eigenvalue weighted by Gasteiger charge is -2.24. The lowest BCUT2D eigenvalue weighted by molar-refractivity contribution is -0.138. The van der Waals surface area contributed by atoms with E-state index in [-0.39, 0.29) is 35.2 Å². The largest absolute Gasteiger partial charge is 0.444 e. The van der Waals surface area contributed by atoms with Crippen molar-refractivity contribution in [3.63, 3.8) is 0 Å². The van der Waals surface area contributed by atoms with Gasteiger partial charge in [-0.05, 0) is 80.4 Å². The van der Waals surface area contributed by atoms with Crippen molar-refractivity contribution in [3.8, 4) is 0 Å². The van der Waals surface area contributed by atoms with Gasteiger partial charge in [0.2, 0.25) is 0 Å². The van der Waals surface area contributed by atoms with Crippen LogP contribution in [-0.4, -0.2) is 56.6 Å². The highest BCUT2D eigenvalue weighted by Gasteiger charge is 2.34. The second-order valence-electron chi connectivity index (χ2n) is 10.8. The number of aromatic nitrogens is 2. The average molecular weight is 606 g/mol. The van der Waals surface area contributed by atoms with Crippen LogP contribution in [0.3, 0.4) is 0 Å². The number of hydrogen-bond donors (Lipinski definition) is 1. The maximum absolute atomic E-state index is 13.5. The summed E-state index contributed by atoms with van der Waals surface area (Å²) in [7, 11) is 0. The Labute approximate surface area is 243 Å². The van der Waals surface area contributed by atoms with E-state index in [0.29, 0.717) is 40.5 Å². The monoisotopic (exact) mass is 605 g/mol. The van der Waals surface area contributed by atoms with Crippen molar-refractivity contribution in [2.24, 2.45) is 4.99 Å². The number of aliphatic imine (C=N–C) groups is 1. The number of amidine groups is 1. The molecule has 5 rings (SSSR count). The number of nitrogens with one attached hydrogen (secondary N) is 1. The molecule has 0 aliphatic carbocycles. The first kappa shape index (κ1) is 29.0. The molecule has 13 heteroatoms. The summed E-state index contributed by atoms with van der Waals surface area (Å²) < 4.78 is 47.5. The van der Waals surface area contributed by atoms with Crippen LogP contribution in [0.2, 0.25) is 5.02 Å². The first-order valence-electron chi connectivity index (χ1n) is 12.8. The van der Waals surface area contributed by atoms with Gasteiger partial charge in [-0.1, -0.05) is 23.7 Å². The Morgan fingerprint density at radius 2 is 2.00 bits per heavy atom. The van der Waals surface area contributed by atoms with Crippen molar-refractivity contribution in [2.75, 3.05) is 13.1 Å². The molecule has 2 aliphatic heterocycles. The van der Waals surface area contributed by atoms with Crippen LogP contribution in [0.4, 0.5) is 18.0 Å². The molecule has 1 fully saturated rings. The number of carbonyl (C=O) groups excluding carboxylic acids is 2. The molecule has 2 aliphatic rings. The maximum Gasteiger partial charge on any atom is 0.416 e. The molecule has 2 amide bonds.